The topological polar surface area (TPSA) is 77.6 Å². The summed E-state index contributed by atoms with van der Waals surface area (Å²) in [6.07, 6.45) is 3.39. The fraction of sp³-hybridized carbons (Fsp3) is 0.158. The summed E-state index contributed by atoms with van der Waals surface area (Å²) in [5.74, 6) is 0.440. The molecule has 130 valence electrons. The van der Waals surface area contributed by atoms with Crippen LogP contribution in [0, 0.1) is 13.8 Å². The second kappa shape index (κ2) is 6.44. The first kappa shape index (κ1) is 16.0. The smallest absolute Gasteiger partial charge is 0.247 e. The van der Waals surface area contributed by atoms with Crippen molar-refractivity contribution in [3.8, 4) is 5.69 Å². The number of hydrogen-bond donors (Lipinski definition) is 1. The van der Waals surface area contributed by atoms with Crippen LogP contribution in [0.25, 0.3) is 16.7 Å². The molecule has 4 rings (SSSR count). The fourth-order valence-corrected chi connectivity index (χ4v) is 2.82. The number of hydrogen-bond acceptors (Lipinski definition) is 4. The van der Waals surface area contributed by atoms with E-state index >= 15 is 0 Å². The van der Waals surface area contributed by atoms with Gasteiger partial charge in [-0.25, -0.2) is 14.3 Å². The Hall–Kier alpha value is -3.48. The van der Waals surface area contributed by atoms with Crippen molar-refractivity contribution in [3.63, 3.8) is 0 Å². The highest BCUT2D eigenvalue weighted by Gasteiger charge is 2.13. The SMILES string of the molecule is Cc1ccc(-n2nc(C)cc2NC(=O)Cn2ncc3cccnc32)cc1. The maximum absolute atomic E-state index is 12.5. The van der Waals surface area contributed by atoms with Gasteiger partial charge in [-0.3, -0.25) is 4.79 Å². The average molecular weight is 346 g/mol. The summed E-state index contributed by atoms with van der Waals surface area (Å²) >= 11 is 0. The molecule has 0 saturated heterocycles. The molecule has 0 fully saturated rings. The lowest BCUT2D eigenvalue weighted by Crippen LogP contribution is -2.21. The molecule has 7 heteroatoms. The number of nitrogens with one attached hydrogen (secondary N) is 1. The second-order valence-corrected chi connectivity index (χ2v) is 6.18. The van der Waals surface area contributed by atoms with Crippen molar-refractivity contribution in [1.29, 1.82) is 0 Å². The maximum atomic E-state index is 12.5. The van der Waals surface area contributed by atoms with Crippen LogP contribution in [-0.4, -0.2) is 30.5 Å². The summed E-state index contributed by atoms with van der Waals surface area (Å²) in [6, 6.07) is 13.6. The number of anilines is 1. The zero-order valence-electron chi connectivity index (χ0n) is 14.5. The molecule has 4 aromatic rings. The molecular formula is C19H18N6O. The number of carbonyl (C=O) groups is 1. The van der Waals surface area contributed by atoms with Crippen LogP contribution < -0.4 is 5.32 Å². The molecule has 3 aromatic heterocycles. The van der Waals surface area contributed by atoms with E-state index in [-0.39, 0.29) is 12.5 Å². The van der Waals surface area contributed by atoms with Crippen molar-refractivity contribution in [2.24, 2.45) is 0 Å². The normalized spacial score (nSPS) is 11.0. The number of aromatic nitrogens is 5. The summed E-state index contributed by atoms with van der Waals surface area (Å²) < 4.78 is 3.32. The third kappa shape index (κ3) is 3.06. The molecule has 3 heterocycles. The van der Waals surface area contributed by atoms with Crippen LogP contribution in [0.2, 0.25) is 0 Å². The summed E-state index contributed by atoms with van der Waals surface area (Å²) in [5.41, 5.74) is 3.57. The molecule has 0 radical (unpaired) electrons. The van der Waals surface area contributed by atoms with E-state index in [1.807, 2.05) is 56.3 Å². The Bertz CT molecular complexity index is 1080. The molecule has 1 amide bonds. The molecule has 0 aliphatic rings. The van der Waals surface area contributed by atoms with E-state index in [0.29, 0.717) is 11.5 Å². The van der Waals surface area contributed by atoms with Crippen LogP contribution >= 0.6 is 0 Å². The summed E-state index contributed by atoms with van der Waals surface area (Å²) in [6.45, 7) is 4.01. The van der Waals surface area contributed by atoms with Crippen LogP contribution in [0.3, 0.4) is 0 Å². The molecule has 0 aliphatic carbocycles. The third-order valence-corrected chi connectivity index (χ3v) is 4.07. The number of nitrogens with zero attached hydrogens (tertiary/aromatic N) is 5. The molecule has 26 heavy (non-hydrogen) atoms. The first-order chi connectivity index (χ1) is 12.6. The van der Waals surface area contributed by atoms with Crippen molar-refractivity contribution in [2.45, 2.75) is 20.4 Å². The Morgan fingerprint density at radius 2 is 1.96 bits per heavy atom. The number of aryl methyl sites for hydroxylation is 2. The van der Waals surface area contributed by atoms with Crippen molar-refractivity contribution in [1.82, 2.24) is 24.5 Å². The molecule has 7 nitrogen and oxygen atoms in total. The molecule has 0 saturated carbocycles. The van der Waals surface area contributed by atoms with Gasteiger partial charge in [0.15, 0.2) is 5.65 Å². The van der Waals surface area contributed by atoms with Gasteiger partial charge in [-0.1, -0.05) is 17.7 Å². The summed E-state index contributed by atoms with van der Waals surface area (Å²) in [5, 5.41) is 12.5. The predicted molar refractivity (Wildman–Crippen MR) is 99.2 cm³/mol. The van der Waals surface area contributed by atoms with Gasteiger partial charge in [0.05, 0.1) is 17.6 Å². The quantitative estimate of drug-likeness (QED) is 0.616. The minimum absolute atomic E-state index is 0.0820. The molecule has 0 unspecified atom stereocenters. The van der Waals surface area contributed by atoms with E-state index < -0.39 is 0 Å². The highest BCUT2D eigenvalue weighted by atomic mass is 16.2. The Morgan fingerprint density at radius 1 is 1.15 bits per heavy atom. The molecule has 0 spiro atoms. The van der Waals surface area contributed by atoms with E-state index in [9.17, 15) is 4.79 Å². The second-order valence-electron chi connectivity index (χ2n) is 6.18. The Balaban J connectivity index is 1.57. The minimum atomic E-state index is -0.186. The van der Waals surface area contributed by atoms with Crippen molar-refractivity contribution in [3.05, 3.63) is 66.1 Å². The van der Waals surface area contributed by atoms with E-state index in [4.69, 9.17) is 0 Å². The van der Waals surface area contributed by atoms with E-state index in [2.05, 4.69) is 20.5 Å². The van der Waals surface area contributed by atoms with E-state index in [0.717, 1.165) is 16.8 Å². The molecule has 0 bridgehead atoms. The van der Waals surface area contributed by atoms with Gasteiger partial charge in [0.2, 0.25) is 5.91 Å². The molecule has 0 aliphatic heterocycles. The van der Waals surface area contributed by atoms with Gasteiger partial charge in [-0.15, -0.1) is 0 Å². The molecule has 1 aromatic carbocycles. The van der Waals surface area contributed by atoms with Gasteiger partial charge in [0, 0.05) is 17.6 Å². The number of rotatable bonds is 4. The number of carbonyl (C=O) groups excluding carboxylic acids is 1. The Morgan fingerprint density at radius 3 is 2.77 bits per heavy atom. The lowest BCUT2D eigenvalue weighted by atomic mass is 10.2. The monoisotopic (exact) mass is 346 g/mol. The van der Waals surface area contributed by atoms with Crippen molar-refractivity contribution >= 4 is 22.8 Å². The molecule has 0 atom stereocenters. The maximum Gasteiger partial charge on any atom is 0.247 e. The number of amides is 1. The first-order valence-corrected chi connectivity index (χ1v) is 8.30. The highest BCUT2D eigenvalue weighted by molar-refractivity contribution is 5.91. The molecular weight excluding hydrogens is 328 g/mol. The van der Waals surface area contributed by atoms with Crippen LogP contribution in [0.1, 0.15) is 11.3 Å². The minimum Gasteiger partial charge on any atom is -0.309 e. The number of benzene rings is 1. The summed E-state index contributed by atoms with van der Waals surface area (Å²) in [4.78, 5) is 16.8. The van der Waals surface area contributed by atoms with Gasteiger partial charge in [-0.05, 0) is 38.1 Å². The van der Waals surface area contributed by atoms with Gasteiger partial charge in [0.25, 0.3) is 0 Å². The van der Waals surface area contributed by atoms with Crippen LogP contribution in [0.15, 0.2) is 54.9 Å². The van der Waals surface area contributed by atoms with Crippen LogP contribution in [0.4, 0.5) is 5.82 Å². The van der Waals surface area contributed by atoms with Crippen LogP contribution in [-0.2, 0) is 11.3 Å². The van der Waals surface area contributed by atoms with Gasteiger partial charge < -0.3 is 5.32 Å². The number of fused-ring (bicyclic) bond motifs is 1. The molecule has 1 N–H and O–H groups in total. The number of pyridine rings is 1. The van der Waals surface area contributed by atoms with Crippen LogP contribution in [0.5, 0.6) is 0 Å². The predicted octanol–water partition coefficient (Wildman–Crippen LogP) is 2.87. The van der Waals surface area contributed by atoms with Gasteiger partial charge >= 0.3 is 0 Å². The zero-order valence-corrected chi connectivity index (χ0v) is 14.5. The largest absolute Gasteiger partial charge is 0.309 e. The van der Waals surface area contributed by atoms with Crippen molar-refractivity contribution < 1.29 is 4.79 Å². The van der Waals surface area contributed by atoms with E-state index in [1.165, 1.54) is 5.56 Å². The standard InChI is InChI=1S/C19H18N6O/c1-13-5-7-16(8-6-13)25-17(10-14(2)23-25)22-18(26)12-24-19-15(11-21-24)4-3-9-20-19/h3-11H,12H2,1-2H3,(H,22,26). The Labute approximate surface area is 150 Å². The van der Waals surface area contributed by atoms with Gasteiger partial charge in [-0.2, -0.15) is 10.2 Å². The average Bonchev–Trinajstić information content (AvgIpc) is 3.19. The zero-order chi connectivity index (χ0) is 18.1. The first-order valence-electron chi connectivity index (χ1n) is 8.30. The lowest BCUT2D eigenvalue weighted by Gasteiger charge is -2.09. The lowest BCUT2D eigenvalue weighted by molar-refractivity contribution is -0.116. The fourth-order valence-electron chi connectivity index (χ4n) is 2.82. The van der Waals surface area contributed by atoms with Gasteiger partial charge in [0.1, 0.15) is 12.4 Å². The Kier molecular flexibility index (Phi) is 3.96. The summed E-state index contributed by atoms with van der Waals surface area (Å²) in [7, 11) is 0. The highest BCUT2D eigenvalue weighted by Crippen LogP contribution is 2.18. The van der Waals surface area contributed by atoms with Crippen molar-refractivity contribution in [2.75, 3.05) is 5.32 Å². The van der Waals surface area contributed by atoms with E-state index in [1.54, 1.807) is 21.8 Å². The third-order valence-electron chi connectivity index (χ3n) is 4.07.